The number of nitrogens with zero attached hydrogens (tertiary/aromatic N) is 5. The van der Waals surface area contributed by atoms with Gasteiger partial charge in [0.25, 0.3) is 0 Å². The van der Waals surface area contributed by atoms with Gasteiger partial charge in [0.1, 0.15) is 5.52 Å². The summed E-state index contributed by atoms with van der Waals surface area (Å²) >= 11 is 0. The Kier molecular flexibility index (Phi) is 7.85. The first kappa shape index (κ1) is 24.1. The van der Waals surface area contributed by atoms with E-state index in [9.17, 15) is 0 Å². The topological polar surface area (TPSA) is 65.3 Å². The van der Waals surface area contributed by atoms with Crippen molar-refractivity contribution in [3.63, 3.8) is 0 Å². The molecular formula is C25H37N5O2. The van der Waals surface area contributed by atoms with Gasteiger partial charge in [-0.1, -0.05) is 20.8 Å². The summed E-state index contributed by atoms with van der Waals surface area (Å²) in [4.78, 5) is 17.1. The zero-order valence-electron chi connectivity index (χ0n) is 20.8. The largest absolute Gasteiger partial charge is 0.480 e. The van der Waals surface area contributed by atoms with Crippen molar-refractivity contribution in [2.24, 2.45) is 0 Å². The molecule has 7 nitrogen and oxygen atoms in total. The molecule has 3 aromatic rings. The molecule has 0 spiro atoms. The number of aromatic nitrogens is 4. The first-order chi connectivity index (χ1) is 15.3. The summed E-state index contributed by atoms with van der Waals surface area (Å²) in [5.74, 6) is 0.924. The molecule has 0 aliphatic carbocycles. The van der Waals surface area contributed by atoms with Gasteiger partial charge in [-0.15, -0.1) is 0 Å². The number of pyridine rings is 1. The van der Waals surface area contributed by atoms with E-state index in [4.69, 9.17) is 24.4 Å². The molecule has 0 unspecified atom stereocenters. The van der Waals surface area contributed by atoms with Crippen molar-refractivity contribution in [2.75, 3.05) is 41.0 Å². The lowest BCUT2D eigenvalue weighted by Gasteiger charge is -2.24. The highest BCUT2D eigenvalue weighted by Crippen LogP contribution is 2.33. The van der Waals surface area contributed by atoms with E-state index < -0.39 is 0 Å². The van der Waals surface area contributed by atoms with Crippen LogP contribution in [0.2, 0.25) is 0 Å². The number of aryl methyl sites for hydroxylation is 2. The second kappa shape index (κ2) is 10.4. The second-order valence-electron chi connectivity index (χ2n) is 8.81. The van der Waals surface area contributed by atoms with Crippen LogP contribution in [0, 0.1) is 13.8 Å². The fourth-order valence-corrected chi connectivity index (χ4v) is 4.04. The Hall–Kier alpha value is -2.51. The van der Waals surface area contributed by atoms with E-state index in [-0.39, 0.29) is 0 Å². The first-order valence-electron chi connectivity index (χ1n) is 11.4. The van der Waals surface area contributed by atoms with E-state index in [1.54, 1.807) is 14.2 Å². The predicted molar refractivity (Wildman–Crippen MR) is 130 cm³/mol. The normalized spacial score (nSPS) is 12.8. The van der Waals surface area contributed by atoms with Crippen LogP contribution in [0.25, 0.3) is 22.4 Å². The Bertz CT molecular complexity index is 1060. The highest BCUT2D eigenvalue weighted by atomic mass is 16.5. The molecule has 0 saturated carbocycles. The van der Waals surface area contributed by atoms with Crippen molar-refractivity contribution in [3.05, 3.63) is 35.3 Å². The molecule has 3 rings (SSSR count). The van der Waals surface area contributed by atoms with Gasteiger partial charge in [0.2, 0.25) is 5.88 Å². The van der Waals surface area contributed by atoms with Gasteiger partial charge in [-0.25, -0.2) is 15.0 Å². The quantitative estimate of drug-likeness (QED) is 0.453. The maximum Gasteiger partial charge on any atom is 0.222 e. The monoisotopic (exact) mass is 439 g/mol. The van der Waals surface area contributed by atoms with Crippen LogP contribution >= 0.6 is 0 Å². The van der Waals surface area contributed by atoms with Crippen LogP contribution in [0.3, 0.4) is 0 Å². The molecule has 0 bridgehead atoms. The number of methoxy groups -OCH3 is 2. The van der Waals surface area contributed by atoms with Gasteiger partial charge < -0.3 is 18.9 Å². The summed E-state index contributed by atoms with van der Waals surface area (Å²) in [6, 6.07) is 4.42. The molecule has 32 heavy (non-hydrogen) atoms. The number of fused-ring (bicyclic) bond motifs is 1. The van der Waals surface area contributed by atoms with E-state index >= 15 is 0 Å². The molecule has 0 aliphatic rings. The first-order valence-corrected chi connectivity index (χ1v) is 11.4. The van der Waals surface area contributed by atoms with E-state index in [0.717, 1.165) is 65.5 Å². The Morgan fingerprint density at radius 2 is 1.84 bits per heavy atom. The van der Waals surface area contributed by atoms with Gasteiger partial charge in [0, 0.05) is 38.1 Å². The minimum atomic E-state index is 0.314. The minimum absolute atomic E-state index is 0.314. The van der Waals surface area contributed by atoms with Crippen molar-refractivity contribution in [1.82, 2.24) is 24.4 Å². The van der Waals surface area contributed by atoms with E-state index in [2.05, 4.69) is 62.5 Å². The molecule has 3 heterocycles. The van der Waals surface area contributed by atoms with Crippen molar-refractivity contribution in [2.45, 2.75) is 53.0 Å². The third-order valence-electron chi connectivity index (χ3n) is 5.99. The van der Waals surface area contributed by atoms with Crippen LogP contribution in [0.1, 0.15) is 56.1 Å². The number of ether oxygens (including phenoxy) is 2. The standard InChI is InChI=1S/C25H37N5O2/c1-9-19(15-29(6)12-13-31-7)30-14-17(4)22-24(30)26-18(5)23(28-22)20-10-11-21(16(2)3)27-25(20)32-8/h10-11,14,16,19H,9,12-13,15H2,1-8H3/t19-/m1/s1. The Balaban J connectivity index is 2.04. The van der Waals surface area contributed by atoms with Crippen LogP contribution in [-0.2, 0) is 4.74 Å². The van der Waals surface area contributed by atoms with Gasteiger partial charge in [0.05, 0.1) is 30.7 Å². The van der Waals surface area contributed by atoms with Crippen LogP contribution < -0.4 is 4.74 Å². The Labute approximate surface area is 191 Å². The summed E-state index contributed by atoms with van der Waals surface area (Å²) in [5, 5.41) is 0. The molecule has 0 fully saturated rings. The lowest BCUT2D eigenvalue weighted by Crippen LogP contribution is -2.30. The van der Waals surface area contributed by atoms with Crippen LogP contribution in [0.4, 0.5) is 0 Å². The average Bonchev–Trinajstić information content (AvgIpc) is 3.09. The van der Waals surface area contributed by atoms with Crippen molar-refractivity contribution in [3.8, 4) is 17.1 Å². The summed E-state index contributed by atoms with van der Waals surface area (Å²) < 4.78 is 13.1. The van der Waals surface area contributed by atoms with Crippen LogP contribution in [0.15, 0.2) is 18.3 Å². The summed E-state index contributed by atoms with van der Waals surface area (Å²) in [5.41, 5.74) is 6.56. The van der Waals surface area contributed by atoms with Gasteiger partial charge in [-0.05, 0) is 50.9 Å². The highest BCUT2D eigenvalue weighted by Gasteiger charge is 2.21. The number of hydrogen-bond donors (Lipinski definition) is 0. The smallest absolute Gasteiger partial charge is 0.222 e. The SMILES string of the molecule is CC[C@H](CN(C)CCOC)n1cc(C)c2nc(-c3ccc(C(C)C)nc3OC)c(C)nc21. The fourth-order valence-electron chi connectivity index (χ4n) is 4.04. The maximum absolute atomic E-state index is 5.62. The van der Waals surface area contributed by atoms with Gasteiger partial charge in [0.15, 0.2) is 5.65 Å². The van der Waals surface area contributed by atoms with E-state index in [0.29, 0.717) is 17.8 Å². The average molecular weight is 440 g/mol. The maximum atomic E-state index is 5.62. The van der Waals surface area contributed by atoms with Crippen molar-refractivity contribution < 1.29 is 9.47 Å². The second-order valence-corrected chi connectivity index (χ2v) is 8.81. The summed E-state index contributed by atoms with van der Waals surface area (Å²) in [7, 11) is 5.53. The molecule has 174 valence electrons. The molecule has 1 atom stereocenters. The Morgan fingerprint density at radius 3 is 2.47 bits per heavy atom. The molecule has 0 saturated heterocycles. The minimum Gasteiger partial charge on any atom is -0.480 e. The highest BCUT2D eigenvalue weighted by molar-refractivity contribution is 5.81. The van der Waals surface area contributed by atoms with Gasteiger partial charge in [-0.2, -0.15) is 0 Å². The molecule has 0 N–H and O–H groups in total. The van der Waals surface area contributed by atoms with Gasteiger partial charge >= 0.3 is 0 Å². The molecular weight excluding hydrogens is 402 g/mol. The van der Waals surface area contributed by atoms with Crippen molar-refractivity contribution >= 4 is 11.2 Å². The third-order valence-corrected chi connectivity index (χ3v) is 5.99. The third kappa shape index (κ3) is 4.94. The molecule has 0 radical (unpaired) electrons. The molecule has 7 heteroatoms. The zero-order valence-corrected chi connectivity index (χ0v) is 20.8. The number of likely N-dealkylation sites (N-methyl/N-ethyl adjacent to an activating group) is 1. The van der Waals surface area contributed by atoms with E-state index in [1.165, 1.54) is 0 Å². The van der Waals surface area contributed by atoms with Gasteiger partial charge in [-0.3, -0.25) is 0 Å². The molecule has 0 aliphatic heterocycles. The predicted octanol–water partition coefficient (Wildman–Crippen LogP) is 4.77. The lowest BCUT2D eigenvalue weighted by molar-refractivity contribution is 0.152. The van der Waals surface area contributed by atoms with Crippen LogP contribution in [0.5, 0.6) is 5.88 Å². The van der Waals surface area contributed by atoms with Crippen molar-refractivity contribution in [1.29, 1.82) is 0 Å². The molecule has 3 aromatic heterocycles. The Morgan fingerprint density at radius 1 is 1.09 bits per heavy atom. The molecule has 0 amide bonds. The summed E-state index contributed by atoms with van der Waals surface area (Å²) in [6.07, 6.45) is 3.20. The zero-order chi connectivity index (χ0) is 23.4. The molecule has 0 aromatic carbocycles. The fraction of sp³-hybridized carbons (Fsp3) is 0.560. The number of rotatable bonds is 10. The van der Waals surface area contributed by atoms with E-state index in [1.807, 2.05) is 6.92 Å². The lowest BCUT2D eigenvalue weighted by atomic mass is 10.1. The number of hydrogen-bond acceptors (Lipinski definition) is 6. The van der Waals surface area contributed by atoms with Crippen LogP contribution in [-0.4, -0.2) is 65.4 Å². The summed E-state index contributed by atoms with van der Waals surface area (Å²) in [6.45, 7) is 13.1.